The Kier molecular flexibility index (Phi) is 7.85. The summed E-state index contributed by atoms with van der Waals surface area (Å²) in [5.74, 6) is 0.602. The summed E-state index contributed by atoms with van der Waals surface area (Å²) in [5.41, 5.74) is 3.06. The molecule has 0 bridgehead atoms. The Morgan fingerprint density at radius 1 is 1.23 bits per heavy atom. The number of benzene rings is 1. The highest BCUT2D eigenvalue weighted by molar-refractivity contribution is 5.79. The normalized spacial score (nSPS) is 16.5. The summed E-state index contributed by atoms with van der Waals surface area (Å²) >= 11 is 0. The van der Waals surface area contributed by atoms with Crippen LogP contribution < -0.4 is 10.6 Å². The molecular weight excluding hydrogens is 381 g/mol. The van der Waals surface area contributed by atoms with Crippen LogP contribution in [0, 0.1) is 19.7 Å². The van der Waals surface area contributed by atoms with Crippen LogP contribution in [0.1, 0.15) is 43.1 Å². The number of aliphatic imine (C=N–C) groups is 1. The first kappa shape index (κ1) is 22.3. The average molecular weight is 416 g/mol. The molecule has 3 rings (SSSR count). The van der Waals surface area contributed by atoms with E-state index in [1.807, 2.05) is 17.7 Å². The molecule has 1 saturated heterocycles. The Morgan fingerprint density at radius 2 is 2.03 bits per heavy atom. The minimum absolute atomic E-state index is 0.188. The van der Waals surface area contributed by atoms with Crippen LogP contribution in [0.2, 0.25) is 0 Å². The molecule has 0 atom stereocenters. The first-order chi connectivity index (χ1) is 14.5. The van der Waals surface area contributed by atoms with Gasteiger partial charge in [-0.15, -0.1) is 0 Å². The third-order valence-corrected chi connectivity index (χ3v) is 5.71. The van der Waals surface area contributed by atoms with E-state index in [1.54, 1.807) is 12.1 Å². The van der Waals surface area contributed by atoms with E-state index >= 15 is 0 Å². The van der Waals surface area contributed by atoms with Crippen LogP contribution in [-0.2, 0) is 16.7 Å². The van der Waals surface area contributed by atoms with E-state index in [0.717, 1.165) is 56.1 Å². The molecular formula is C23H34FN5O. The summed E-state index contributed by atoms with van der Waals surface area (Å²) in [5, 5.41) is 11.3. The maximum Gasteiger partial charge on any atom is 0.191 e. The largest absolute Gasteiger partial charge is 0.381 e. The number of halogens is 1. The summed E-state index contributed by atoms with van der Waals surface area (Å²) in [6.07, 6.45) is 2.64. The first-order valence-corrected chi connectivity index (χ1v) is 10.9. The molecule has 0 spiro atoms. The highest BCUT2D eigenvalue weighted by Crippen LogP contribution is 2.35. The number of hydrogen-bond acceptors (Lipinski definition) is 3. The Bertz CT molecular complexity index is 842. The molecule has 1 aromatic heterocycles. The van der Waals surface area contributed by atoms with Gasteiger partial charge in [-0.1, -0.05) is 12.1 Å². The van der Waals surface area contributed by atoms with Gasteiger partial charge in [-0.2, -0.15) is 5.10 Å². The molecule has 1 aliphatic rings. The summed E-state index contributed by atoms with van der Waals surface area (Å²) < 4.78 is 21.5. The lowest BCUT2D eigenvalue weighted by molar-refractivity contribution is 0.0530. The molecule has 1 aliphatic heterocycles. The van der Waals surface area contributed by atoms with Gasteiger partial charge in [0.05, 0.1) is 12.2 Å². The molecule has 0 amide bonds. The molecule has 2 N–H and O–H groups in total. The molecule has 0 unspecified atom stereocenters. The fraction of sp³-hybridized carbons (Fsp3) is 0.565. The van der Waals surface area contributed by atoms with Crippen LogP contribution in [0.15, 0.2) is 35.3 Å². The minimum atomic E-state index is -0.198. The van der Waals surface area contributed by atoms with Gasteiger partial charge >= 0.3 is 0 Å². The molecule has 0 saturated carbocycles. The van der Waals surface area contributed by atoms with Gasteiger partial charge < -0.3 is 15.4 Å². The molecule has 1 fully saturated rings. The third kappa shape index (κ3) is 5.81. The van der Waals surface area contributed by atoms with Gasteiger partial charge in [-0.05, 0) is 63.8 Å². The van der Waals surface area contributed by atoms with Crippen molar-refractivity contribution in [2.75, 3.05) is 32.8 Å². The van der Waals surface area contributed by atoms with E-state index in [1.165, 1.54) is 11.8 Å². The zero-order valence-electron chi connectivity index (χ0n) is 18.4. The second-order valence-electron chi connectivity index (χ2n) is 8.03. The van der Waals surface area contributed by atoms with E-state index in [4.69, 9.17) is 9.73 Å². The van der Waals surface area contributed by atoms with Crippen molar-refractivity contribution >= 4 is 5.96 Å². The predicted octanol–water partition coefficient (Wildman–Crippen LogP) is 3.33. The van der Waals surface area contributed by atoms with Crippen molar-refractivity contribution in [1.82, 2.24) is 20.4 Å². The van der Waals surface area contributed by atoms with Crippen LogP contribution >= 0.6 is 0 Å². The molecule has 6 nitrogen and oxygen atoms in total. The number of aryl methyl sites for hydroxylation is 3. The third-order valence-electron chi connectivity index (χ3n) is 5.71. The van der Waals surface area contributed by atoms with Gasteiger partial charge in [0.1, 0.15) is 5.82 Å². The van der Waals surface area contributed by atoms with E-state index in [-0.39, 0.29) is 11.2 Å². The number of ether oxygens (including phenoxy) is 1. The van der Waals surface area contributed by atoms with Crippen LogP contribution in [0.25, 0.3) is 0 Å². The summed E-state index contributed by atoms with van der Waals surface area (Å²) in [4.78, 5) is 4.88. The van der Waals surface area contributed by atoms with Crippen molar-refractivity contribution in [1.29, 1.82) is 0 Å². The summed E-state index contributed by atoms with van der Waals surface area (Å²) in [7, 11) is 0. The van der Waals surface area contributed by atoms with Gasteiger partial charge in [-0.3, -0.25) is 9.67 Å². The number of nitrogens with one attached hydrogen (secondary N) is 2. The quantitative estimate of drug-likeness (QED) is 0.394. The molecule has 2 aromatic rings. The Balaban J connectivity index is 1.63. The van der Waals surface area contributed by atoms with Crippen molar-refractivity contribution in [3.63, 3.8) is 0 Å². The minimum Gasteiger partial charge on any atom is -0.381 e. The van der Waals surface area contributed by atoms with Crippen molar-refractivity contribution in [3.8, 4) is 0 Å². The topological polar surface area (TPSA) is 63.5 Å². The van der Waals surface area contributed by atoms with Gasteiger partial charge in [0.15, 0.2) is 5.96 Å². The van der Waals surface area contributed by atoms with Gasteiger partial charge in [-0.25, -0.2) is 4.39 Å². The highest BCUT2D eigenvalue weighted by atomic mass is 19.1. The monoisotopic (exact) mass is 415 g/mol. The van der Waals surface area contributed by atoms with E-state index in [9.17, 15) is 4.39 Å². The number of rotatable bonds is 8. The van der Waals surface area contributed by atoms with Gasteiger partial charge in [0.2, 0.25) is 0 Å². The Labute approximate surface area is 178 Å². The second kappa shape index (κ2) is 10.6. The molecule has 1 aromatic carbocycles. The zero-order valence-corrected chi connectivity index (χ0v) is 18.4. The number of guanidine groups is 1. The van der Waals surface area contributed by atoms with E-state index in [0.29, 0.717) is 19.8 Å². The first-order valence-electron chi connectivity index (χ1n) is 10.9. The highest BCUT2D eigenvalue weighted by Gasteiger charge is 2.34. The van der Waals surface area contributed by atoms with Crippen molar-refractivity contribution in [2.45, 2.75) is 52.0 Å². The molecule has 2 heterocycles. The molecule has 7 heteroatoms. The fourth-order valence-electron chi connectivity index (χ4n) is 4.03. The van der Waals surface area contributed by atoms with Crippen molar-refractivity contribution in [3.05, 3.63) is 53.1 Å². The lowest BCUT2D eigenvalue weighted by atomic mass is 9.74. The summed E-state index contributed by atoms with van der Waals surface area (Å²) in [6.45, 7) is 10.6. The average Bonchev–Trinajstić information content (AvgIpc) is 3.07. The van der Waals surface area contributed by atoms with Crippen LogP contribution in [-0.4, -0.2) is 48.6 Å². The zero-order chi connectivity index (χ0) is 21.4. The Morgan fingerprint density at radius 3 is 2.70 bits per heavy atom. The molecule has 0 radical (unpaired) electrons. The molecule has 30 heavy (non-hydrogen) atoms. The van der Waals surface area contributed by atoms with Crippen LogP contribution in [0.3, 0.4) is 0 Å². The molecule has 164 valence electrons. The standard InChI is InChI=1S/C23H34FN5O/c1-4-25-22(26-11-6-12-29-19(3)15-18(2)28-29)27-17-23(9-13-30-14-10-23)20-7-5-8-21(24)16-20/h5,7-8,15-16H,4,6,9-14,17H2,1-3H3,(H2,25,26,27). The van der Waals surface area contributed by atoms with E-state index < -0.39 is 0 Å². The van der Waals surface area contributed by atoms with Gasteiger partial charge in [0, 0.05) is 44.0 Å². The second-order valence-corrected chi connectivity index (χ2v) is 8.03. The van der Waals surface area contributed by atoms with Crippen LogP contribution in [0.5, 0.6) is 0 Å². The predicted molar refractivity (Wildman–Crippen MR) is 118 cm³/mol. The maximum atomic E-state index is 13.9. The number of hydrogen-bond donors (Lipinski definition) is 2. The van der Waals surface area contributed by atoms with Crippen molar-refractivity contribution in [2.24, 2.45) is 4.99 Å². The summed E-state index contributed by atoms with van der Waals surface area (Å²) in [6, 6.07) is 9.04. The SMILES string of the molecule is CCNC(=NCC1(c2cccc(F)c2)CCOCC1)NCCCn1nc(C)cc1C. The van der Waals surface area contributed by atoms with Gasteiger partial charge in [0.25, 0.3) is 0 Å². The van der Waals surface area contributed by atoms with E-state index in [2.05, 4.69) is 35.6 Å². The Hall–Kier alpha value is -2.41. The lowest BCUT2D eigenvalue weighted by Crippen LogP contribution is -2.41. The fourth-order valence-corrected chi connectivity index (χ4v) is 4.03. The lowest BCUT2D eigenvalue weighted by Gasteiger charge is -2.36. The van der Waals surface area contributed by atoms with Crippen LogP contribution in [0.4, 0.5) is 4.39 Å². The number of aromatic nitrogens is 2. The van der Waals surface area contributed by atoms with Crippen molar-refractivity contribution < 1.29 is 9.13 Å². The number of nitrogens with zero attached hydrogens (tertiary/aromatic N) is 3. The molecule has 0 aliphatic carbocycles. The maximum absolute atomic E-state index is 13.9. The smallest absolute Gasteiger partial charge is 0.191 e.